The second-order valence-electron chi connectivity index (χ2n) is 4.15. The zero-order valence-corrected chi connectivity index (χ0v) is 10.9. The molecule has 1 N–H and O–H groups in total. The summed E-state index contributed by atoms with van der Waals surface area (Å²) in [5.41, 5.74) is 1.34. The van der Waals surface area contributed by atoms with Crippen molar-refractivity contribution in [1.82, 2.24) is 5.32 Å². The molecule has 0 fully saturated rings. The maximum Gasteiger partial charge on any atom is 0.337 e. The third-order valence-electron chi connectivity index (χ3n) is 2.86. The van der Waals surface area contributed by atoms with E-state index in [-0.39, 0.29) is 18.1 Å². The molecule has 0 saturated carbocycles. The van der Waals surface area contributed by atoms with Gasteiger partial charge in [-0.25, -0.2) is 4.79 Å². The Morgan fingerprint density at radius 1 is 1.44 bits per heavy atom. The maximum atomic E-state index is 11.3. The first-order chi connectivity index (χ1) is 8.62. The van der Waals surface area contributed by atoms with Gasteiger partial charge in [0.2, 0.25) is 0 Å². The largest absolute Gasteiger partial charge is 0.465 e. The monoisotopic (exact) mass is 246 g/mol. The van der Waals surface area contributed by atoms with Gasteiger partial charge in [0.15, 0.2) is 0 Å². The summed E-state index contributed by atoms with van der Waals surface area (Å²) in [7, 11) is 1.35. The number of benzene rings is 1. The van der Waals surface area contributed by atoms with Crippen molar-refractivity contribution in [3.63, 3.8) is 0 Å². The van der Waals surface area contributed by atoms with E-state index in [2.05, 4.69) is 23.0 Å². The molecule has 18 heavy (non-hydrogen) atoms. The molecule has 96 valence electrons. The van der Waals surface area contributed by atoms with Crippen LogP contribution in [0.5, 0.6) is 0 Å². The predicted molar refractivity (Wildman–Crippen MR) is 69.0 cm³/mol. The van der Waals surface area contributed by atoms with E-state index >= 15 is 0 Å². The van der Waals surface area contributed by atoms with Gasteiger partial charge >= 0.3 is 5.97 Å². The Kier molecular flexibility index (Phi) is 5.34. The topological polar surface area (TPSA) is 62.1 Å². The SMILES string of the molecule is CCC(C)NC(C#N)c1ccc(C(=O)OC)cc1. The number of ether oxygens (including phenoxy) is 1. The molecule has 0 aliphatic carbocycles. The molecule has 0 heterocycles. The average molecular weight is 246 g/mol. The summed E-state index contributed by atoms with van der Waals surface area (Å²) in [6, 6.07) is 9.02. The highest BCUT2D eigenvalue weighted by Gasteiger charge is 2.13. The van der Waals surface area contributed by atoms with Crippen LogP contribution in [-0.4, -0.2) is 19.1 Å². The zero-order valence-electron chi connectivity index (χ0n) is 10.9. The summed E-state index contributed by atoms with van der Waals surface area (Å²) >= 11 is 0. The number of carbonyl (C=O) groups excluding carboxylic acids is 1. The average Bonchev–Trinajstić information content (AvgIpc) is 2.43. The first-order valence-electron chi connectivity index (χ1n) is 5.96. The minimum absolute atomic E-state index is 0.273. The van der Waals surface area contributed by atoms with Crippen LogP contribution in [-0.2, 0) is 4.74 Å². The van der Waals surface area contributed by atoms with Crippen LogP contribution in [0.1, 0.15) is 42.2 Å². The van der Waals surface area contributed by atoms with Crippen molar-refractivity contribution in [2.75, 3.05) is 7.11 Å². The molecule has 0 amide bonds. The second-order valence-corrected chi connectivity index (χ2v) is 4.15. The van der Waals surface area contributed by atoms with Gasteiger partial charge in [-0.1, -0.05) is 19.1 Å². The number of hydrogen-bond donors (Lipinski definition) is 1. The van der Waals surface area contributed by atoms with Gasteiger partial charge in [0.1, 0.15) is 6.04 Å². The van der Waals surface area contributed by atoms with Crippen LogP contribution in [0.4, 0.5) is 0 Å². The Labute approximate surface area is 108 Å². The summed E-state index contributed by atoms with van der Waals surface area (Å²) in [4.78, 5) is 11.3. The highest BCUT2D eigenvalue weighted by atomic mass is 16.5. The summed E-state index contributed by atoms with van der Waals surface area (Å²) in [5, 5.41) is 12.4. The second kappa shape index (κ2) is 6.77. The molecular formula is C14H18N2O2. The molecule has 0 radical (unpaired) electrons. The van der Waals surface area contributed by atoms with Gasteiger partial charge in [-0.3, -0.25) is 5.32 Å². The number of nitrogens with one attached hydrogen (secondary N) is 1. The Bertz CT molecular complexity index is 434. The summed E-state index contributed by atoms with van der Waals surface area (Å²) < 4.78 is 4.63. The molecule has 0 spiro atoms. The Morgan fingerprint density at radius 3 is 2.50 bits per heavy atom. The third-order valence-corrected chi connectivity index (χ3v) is 2.86. The van der Waals surface area contributed by atoms with Crippen molar-refractivity contribution in [2.45, 2.75) is 32.4 Å². The van der Waals surface area contributed by atoms with Gasteiger partial charge < -0.3 is 4.74 Å². The van der Waals surface area contributed by atoms with Crippen molar-refractivity contribution in [3.05, 3.63) is 35.4 Å². The van der Waals surface area contributed by atoms with E-state index in [0.717, 1.165) is 12.0 Å². The van der Waals surface area contributed by atoms with E-state index < -0.39 is 0 Å². The van der Waals surface area contributed by atoms with Gasteiger partial charge in [-0.15, -0.1) is 0 Å². The zero-order chi connectivity index (χ0) is 13.5. The summed E-state index contributed by atoms with van der Waals surface area (Å²) in [6.45, 7) is 4.10. The fourth-order valence-electron chi connectivity index (χ4n) is 1.54. The van der Waals surface area contributed by atoms with Crippen LogP contribution in [0.2, 0.25) is 0 Å². The summed E-state index contributed by atoms with van der Waals surface area (Å²) in [6.07, 6.45) is 0.957. The number of methoxy groups -OCH3 is 1. The first kappa shape index (κ1) is 14.2. The number of esters is 1. The van der Waals surface area contributed by atoms with Crippen molar-refractivity contribution in [2.24, 2.45) is 0 Å². The Hall–Kier alpha value is -1.86. The molecule has 4 heteroatoms. The van der Waals surface area contributed by atoms with Crippen molar-refractivity contribution in [1.29, 1.82) is 5.26 Å². The molecule has 0 aromatic heterocycles. The Balaban J connectivity index is 2.83. The van der Waals surface area contributed by atoms with E-state index in [1.807, 2.05) is 6.92 Å². The van der Waals surface area contributed by atoms with Gasteiger partial charge in [-0.05, 0) is 31.0 Å². The van der Waals surface area contributed by atoms with Crippen LogP contribution in [0.15, 0.2) is 24.3 Å². The van der Waals surface area contributed by atoms with Crippen LogP contribution >= 0.6 is 0 Å². The molecule has 0 bridgehead atoms. The van der Waals surface area contributed by atoms with E-state index in [1.54, 1.807) is 24.3 Å². The molecule has 2 unspecified atom stereocenters. The van der Waals surface area contributed by atoms with Crippen LogP contribution in [0.3, 0.4) is 0 Å². The maximum absolute atomic E-state index is 11.3. The number of rotatable bonds is 5. The lowest BCUT2D eigenvalue weighted by Gasteiger charge is -2.17. The number of hydrogen-bond acceptors (Lipinski definition) is 4. The quantitative estimate of drug-likeness (QED) is 0.810. The Morgan fingerprint density at radius 2 is 2.06 bits per heavy atom. The van der Waals surface area contributed by atoms with Crippen LogP contribution in [0.25, 0.3) is 0 Å². The molecule has 1 aromatic rings. The lowest BCUT2D eigenvalue weighted by Crippen LogP contribution is -2.29. The number of nitrogens with zero attached hydrogens (tertiary/aromatic N) is 1. The number of nitriles is 1. The third kappa shape index (κ3) is 3.57. The molecular weight excluding hydrogens is 228 g/mol. The number of carbonyl (C=O) groups is 1. The van der Waals surface area contributed by atoms with E-state index in [0.29, 0.717) is 5.56 Å². The van der Waals surface area contributed by atoms with Crippen LogP contribution in [0, 0.1) is 11.3 Å². The first-order valence-corrected chi connectivity index (χ1v) is 5.96. The highest BCUT2D eigenvalue weighted by molar-refractivity contribution is 5.89. The lowest BCUT2D eigenvalue weighted by atomic mass is 10.0. The minimum Gasteiger partial charge on any atom is -0.465 e. The van der Waals surface area contributed by atoms with Crippen molar-refractivity contribution >= 4 is 5.97 Å². The van der Waals surface area contributed by atoms with E-state index in [1.165, 1.54) is 7.11 Å². The fraction of sp³-hybridized carbons (Fsp3) is 0.429. The molecule has 1 rings (SSSR count). The molecule has 0 aliphatic heterocycles. The molecule has 1 aromatic carbocycles. The van der Waals surface area contributed by atoms with Gasteiger partial charge in [0.05, 0.1) is 18.7 Å². The molecule has 0 saturated heterocycles. The summed E-state index contributed by atoms with van der Waals surface area (Å²) in [5.74, 6) is -0.370. The molecule has 2 atom stereocenters. The van der Waals surface area contributed by atoms with E-state index in [4.69, 9.17) is 5.26 Å². The fourth-order valence-corrected chi connectivity index (χ4v) is 1.54. The van der Waals surface area contributed by atoms with Crippen molar-refractivity contribution < 1.29 is 9.53 Å². The van der Waals surface area contributed by atoms with E-state index in [9.17, 15) is 4.79 Å². The normalized spacial score (nSPS) is 13.4. The highest BCUT2D eigenvalue weighted by Crippen LogP contribution is 2.15. The molecule has 4 nitrogen and oxygen atoms in total. The lowest BCUT2D eigenvalue weighted by molar-refractivity contribution is 0.0600. The standard InChI is InChI=1S/C14H18N2O2/c1-4-10(2)16-13(9-15)11-5-7-12(8-6-11)14(17)18-3/h5-8,10,13,16H,4H2,1-3H3. The van der Waals surface area contributed by atoms with Crippen molar-refractivity contribution in [3.8, 4) is 6.07 Å². The van der Waals surface area contributed by atoms with Gasteiger partial charge in [-0.2, -0.15) is 5.26 Å². The smallest absolute Gasteiger partial charge is 0.337 e. The predicted octanol–water partition coefficient (Wildman–Crippen LogP) is 2.43. The molecule has 0 aliphatic rings. The minimum atomic E-state index is -0.370. The van der Waals surface area contributed by atoms with Crippen LogP contribution < -0.4 is 5.32 Å². The van der Waals surface area contributed by atoms with Gasteiger partial charge in [0.25, 0.3) is 0 Å². The van der Waals surface area contributed by atoms with Gasteiger partial charge in [0, 0.05) is 6.04 Å².